The van der Waals surface area contributed by atoms with Crippen LogP contribution in [0.2, 0.25) is 0 Å². The minimum atomic E-state index is -0.0178. The number of rotatable bonds is 4. The summed E-state index contributed by atoms with van der Waals surface area (Å²) in [6.07, 6.45) is 2.59. The zero-order valence-corrected chi connectivity index (χ0v) is 11.5. The molecule has 2 aromatic rings. The molecule has 0 atom stereocenters. The Morgan fingerprint density at radius 3 is 2.60 bits per heavy atom. The van der Waals surface area contributed by atoms with Crippen molar-refractivity contribution in [3.05, 3.63) is 53.2 Å². The minimum Gasteiger partial charge on any atom is -0.438 e. The van der Waals surface area contributed by atoms with Gasteiger partial charge in [0.1, 0.15) is 5.75 Å². The second-order valence-corrected chi connectivity index (χ2v) is 4.39. The summed E-state index contributed by atoms with van der Waals surface area (Å²) in [4.78, 5) is 4.15. The molecule has 3 N–H and O–H groups in total. The van der Waals surface area contributed by atoms with Crippen molar-refractivity contribution >= 4 is 5.84 Å². The second-order valence-electron chi connectivity index (χ2n) is 4.39. The van der Waals surface area contributed by atoms with Crippen molar-refractivity contribution in [3.8, 4) is 11.6 Å². The molecule has 0 bridgehead atoms. The fourth-order valence-corrected chi connectivity index (χ4v) is 1.88. The molecule has 20 heavy (non-hydrogen) atoms. The van der Waals surface area contributed by atoms with Crippen LogP contribution in [-0.2, 0) is 6.42 Å². The molecule has 0 aliphatic rings. The molecule has 2 rings (SSSR count). The molecule has 0 aliphatic heterocycles. The molecule has 0 saturated carbocycles. The fourth-order valence-electron chi connectivity index (χ4n) is 1.88. The fraction of sp³-hybridized carbons (Fsp3) is 0.200. The quantitative estimate of drug-likeness (QED) is 0.388. The lowest BCUT2D eigenvalue weighted by Gasteiger charge is -2.11. The van der Waals surface area contributed by atoms with Crippen LogP contribution in [0.25, 0.3) is 0 Å². The number of hydrogen-bond donors (Lipinski definition) is 2. The van der Waals surface area contributed by atoms with Gasteiger partial charge in [0.2, 0.25) is 5.88 Å². The Hall–Kier alpha value is -2.56. The average molecular weight is 271 g/mol. The number of aryl methyl sites for hydroxylation is 2. The highest BCUT2D eigenvalue weighted by atomic mass is 16.5. The summed E-state index contributed by atoms with van der Waals surface area (Å²) in [5.74, 6) is 0.965. The van der Waals surface area contributed by atoms with E-state index in [4.69, 9.17) is 15.7 Å². The van der Waals surface area contributed by atoms with E-state index in [0.29, 0.717) is 17.2 Å². The third kappa shape index (κ3) is 2.88. The smallest absolute Gasteiger partial charge is 0.230 e. The third-order valence-electron chi connectivity index (χ3n) is 3.03. The molecule has 0 radical (unpaired) electrons. The highest BCUT2D eigenvalue weighted by Gasteiger charge is 2.13. The summed E-state index contributed by atoms with van der Waals surface area (Å²) < 4.78 is 5.73. The van der Waals surface area contributed by atoms with Crippen molar-refractivity contribution in [1.82, 2.24) is 4.98 Å². The van der Waals surface area contributed by atoms with Crippen molar-refractivity contribution in [2.45, 2.75) is 20.3 Å². The van der Waals surface area contributed by atoms with Gasteiger partial charge in [0.15, 0.2) is 5.84 Å². The van der Waals surface area contributed by atoms with Crippen LogP contribution in [0.4, 0.5) is 0 Å². The largest absolute Gasteiger partial charge is 0.438 e. The topological polar surface area (TPSA) is 80.7 Å². The van der Waals surface area contributed by atoms with Crippen molar-refractivity contribution in [1.29, 1.82) is 0 Å². The van der Waals surface area contributed by atoms with E-state index in [-0.39, 0.29) is 5.84 Å². The standard InChI is InChI=1S/C15H17N3O2/c1-3-11-4-6-12(7-5-11)20-15-13(14(16)18-19)10(2)8-9-17-15/h4-9,19H,3H2,1-2H3,(H2,16,18). The number of pyridine rings is 1. The van der Waals surface area contributed by atoms with E-state index in [0.717, 1.165) is 12.0 Å². The monoisotopic (exact) mass is 271 g/mol. The predicted octanol–water partition coefficient (Wildman–Crippen LogP) is 2.84. The average Bonchev–Trinajstić information content (AvgIpc) is 2.47. The van der Waals surface area contributed by atoms with Crippen LogP contribution in [0.15, 0.2) is 41.7 Å². The van der Waals surface area contributed by atoms with Crippen LogP contribution in [-0.4, -0.2) is 16.0 Å². The minimum absolute atomic E-state index is 0.0178. The summed E-state index contributed by atoms with van der Waals surface area (Å²) in [5, 5.41) is 11.9. The Morgan fingerprint density at radius 1 is 1.30 bits per heavy atom. The van der Waals surface area contributed by atoms with Gasteiger partial charge in [-0.3, -0.25) is 0 Å². The molecule has 0 aliphatic carbocycles. The number of hydrogen-bond acceptors (Lipinski definition) is 4. The van der Waals surface area contributed by atoms with Crippen LogP contribution in [0.5, 0.6) is 11.6 Å². The predicted molar refractivity (Wildman–Crippen MR) is 77.4 cm³/mol. The first kappa shape index (κ1) is 13.9. The van der Waals surface area contributed by atoms with Crippen LogP contribution in [0, 0.1) is 6.92 Å². The van der Waals surface area contributed by atoms with Crippen molar-refractivity contribution in [2.75, 3.05) is 0 Å². The lowest BCUT2D eigenvalue weighted by atomic mass is 10.1. The normalized spacial score (nSPS) is 11.4. The molecule has 0 spiro atoms. The highest BCUT2D eigenvalue weighted by molar-refractivity contribution is 6.00. The summed E-state index contributed by atoms with van der Waals surface area (Å²) >= 11 is 0. The maximum atomic E-state index is 8.85. The van der Waals surface area contributed by atoms with Gasteiger partial charge in [-0.25, -0.2) is 4.98 Å². The number of benzene rings is 1. The molecular weight excluding hydrogens is 254 g/mol. The molecule has 1 aromatic heterocycles. The summed E-state index contributed by atoms with van der Waals surface area (Å²) in [7, 11) is 0. The number of oxime groups is 1. The SMILES string of the molecule is CCc1ccc(Oc2nccc(C)c2/C(N)=N/O)cc1. The molecule has 0 unspecified atom stereocenters. The lowest BCUT2D eigenvalue weighted by Crippen LogP contribution is -2.16. The highest BCUT2D eigenvalue weighted by Crippen LogP contribution is 2.25. The Kier molecular flexibility index (Phi) is 4.20. The summed E-state index contributed by atoms with van der Waals surface area (Å²) in [6.45, 7) is 3.94. The Labute approximate surface area is 117 Å². The van der Waals surface area contributed by atoms with Crippen LogP contribution in [0.3, 0.4) is 0 Å². The molecule has 1 aromatic carbocycles. The van der Waals surface area contributed by atoms with Gasteiger partial charge in [-0.15, -0.1) is 0 Å². The molecule has 104 valence electrons. The van der Waals surface area contributed by atoms with Crippen molar-refractivity contribution < 1.29 is 9.94 Å². The zero-order chi connectivity index (χ0) is 14.5. The van der Waals surface area contributed by atoms with Gasteiger partial charge >= 0.3 is 0 Å². The lowest BCUT2D eigenvalue weighted by molar-refractivity contribution is 0.318. The Balaban J connectivity index is 2.35. The molecule has 0 amide bonds. The van der Waals surface area contributed by atoms with Crippen LogP contribution >= 0.6 is 0 Å². The van der Waals surface area contributed by atoms with Crippen molar-refractivity contribution in [2.24, 2.45) is 10.9 Å². The van der Waals surface area contributed by atoms with Gasteiger partial charge in [0.25, 0.3) is 0 Å². The molecule has 1 heterocycles. The number of nitrogens with zero attached hydrogens (tertiary/aromatic N) is 2. The van der Waals surface area contributed by atoms with Crippen LogP contribution in [0.1, 0.15) is 23.6 Å². The first-order valence-corrected chi connectivity index (χ1v) is 6.36. The maximum Gasteiger partial charge on any atom is 0.230 e. The van der Waals surface area contributed by atoms with Gasteiger partial charge in [-0.2, -0.15) is 0 Å². The van der Waals surface area contributed by atoms with Gasteiger partial charge in [-0.1, -0.05) is 24.2 Å². The van der Waals surface area contributed by atoms with E-state index in [9.17, 15) is 0 Å². The maximum absolute atomic E-state index is 8.85. The first-order chi connectivity index (χ1) is 9.65. The number of aromatic nitrogens is 1. The molecule has 5 heteroatoms. The number of amidine groups is 1. The second kappa shape index (κ2) is 6.06. The Bertz CT molecular complexity index is 622. The van der Waals surface area contributed by atoms with E-state index in [1.54, 1.807) is 12.3 Å². The summed E-state index contributed by atoms with van der Waals surface area (Å²) in [6, 6.07) is 9.51. The first-order valence-electron chi connectivity index (χ1n) is 6.36. The van der Waals surface area contributed by atoms with E-state index >= 15 is 0 Å². The van der Waals surface area contributed by atoms with Gasteiger partial charge in [-0.05, 0) is 42.7 Å². The van der Waals surface area contributed by atoms with E-state index in [1.807, 2.05) is 31.2 Å². The van der Waals surface area contributed by atoms with Gasteiger partial charge < -0.3 is 15.7 Å². The van der Waals surface area contributed by atoms with E-state index in [2.05, 4.69) is 17.1 Å². The van der Waals surface area contributed by atoms with E-state index in [1.165, 1.54) is 5.56 Å². The zero-order valence-electron chi connectivity index (χ0n) is 11.5. The van der Waals surface area contributed by atoms with Crippen LogP contribution < -0.4 is 10.5 Å². The van der Waals surface area contributed by atoms with E-state index < -0.39 is 0 Å². The third-order valence-corrected chi connectivity index (χ3v) is 3.03. The number of ether oxygens (including phenoxy) is 1. The molecule has 0 fully saturated rings. The number of nitrogens with two attached hydrogens (primary N) is 1. The van der Waals surface area contributed by atoms with Gasteiger partial charge in [0, 0.05) is 6.20 Å². The Morgan fingerprint density at radius 2 is 2.00 bits per heavy atom. The van der Waals surface area contributed by atoms with Crippen molar-refractivity contribution in [3.63, 3.8) is 0 Å². The molecule has 5 nitrogen and oxygen atoms in total. The molecule has 0 saturated heterocycles. The molecular formula is C15H17N3O2. The van der Waals surface area contributed by atoms with Gasteiger partial charge in [0.05, 0.1) is 5.56 Å². The summed E-state index contributed by atoms with van der Waals surface area (Å²) in [5.41, 5.74) is 8.23.